The number of sulfone groups is 1. The number of aromatic amines is 1. The molecule has 0 unspecified atom stereocenters. The van der Waals surface area contributed by atoms with Gasteiger partial charge in [0.05, 0.1) is 9.77 Å². The quantitative estimate of drug-likeness (QED) is 0.492. The minimum atomic E-state index is -3.89. The molecule has 4 rings (SSSR count). The number of aromatic nitrogens is 1. The van der Waals surface area contributed by atoms with Gasteiger partial charge in [0.15, 0.2) is 0 Å². The van der Waals surface area contributed by atoms with Gasteiger partial charge in [-0.2, -0.15) is 0 Å². The third kappa shape index (κ3) is 2.76. The molecule has 0 atom stereocenters. The maximum absolute atomic E-state index is 13.3. The first-order chi connectivity index (χ1) is 12.5. The van der Waals surface area contributed by atoms with E-state index in [9.17, 15) is 13.2 Å². The molecule has 2 heterocycles. The van der Waals surface area contributed by atoms with Gasteiger partial charge in [-0.3, -0.25) is 4.79 Å². The standard InChI is InChI=1S/C19H12ClNO3S2/c20-12-8-9-14-15(11-12)21-17(18(22)16-7-4-10-25-16)19(14)26(23,24)13-5-2-1-3-6-13/h1-11,21H. The zero-order valence-corrected chi connectivity index (χ0v) is 15.7. The van der Waals surface area contributed by atoms with Crippen LogP contribution in [0.4, 0.5) is 0 Å². The fourth-order valence-corrected chi connectivity index (χ4v) is 5.30. The second-order valence-electron chi connectivity index (χ2n) is 5.64. The van der Waals surface area contributed by atoms with Crippen LogP contribution in [0.3, 0.4) is 0 Å². The lowest BCUT2D eigenvalue weighted by Gasteiger charge is -2.06. The Hall–Kier alpha value is -2.41. The summed E-state index contributed by atoms with van der Waals surface area (Å²) in [5, 5.41) is 2.67. The minimum Gasteiger partial charge on any atom is -0.351 e. The number of halogens is 1. The third-order valence-corrected chi connectivity index (χ3v) is 6.97. The molecule has 4 aromatic rings. The lowest BCUT2D eigenvalue weighted by atomic mass is 10.2. The summed E-state index contributed by atoms with van der Waals surface area (Å²) >= 11 is 7.30. The SMILES string of the molecule is O=C(c1cccs1)c1[nH]c2cc(Cl)ccc2c1S(=O)(=O)c1ccccc1. The zero-order valence-electron chi connectivity index (χ0n) is 13.3. The highest BCUT2D eigenvalue weighted by Crippen LogP contribution is 2.34. The number of H-pyrrole nitrogens is 1. The smallest absolute Gasteiger partial charge is 0.220 e. The fourth-order valence-electron chi connectivity index (χ4n) is 2.83. The largest absolute Gasteiger partial charge is 0.351 e. The number of ketones is 1. The molecule has 0 radical (unpaired) electrons. The van der Waals surface area contributed by atoms with Gasteiger partial charge in [-0.15, -0.1) is 11.3 Å². The molecular weight excluding hydrogens is 390 g/mol. The number of nitrogens with one attached hydrogen (secondary N) is 1. The Kier molecular flexibility index (Phi) is 4.19. The molecule has 0 amide bonds. The average molecular weight is 402 g/mol. The van der Waals surface area contributed by atoms with Crippen molar-refractivity contribution < 1.29 is 13.2 Å². The number of hydrogen-bond donors (Lipinski definition) is 1. The number of hydrogen-bond acceptors (Lipinski definition) is 4. The van der Waals surface area contributed by atoms with Gasteiger partial charge in [0.1, 0.15) is 10.6 Å². The minimum absolute atomic E-state index is 0.0197. The summed E-state index contributed by atoms with van der Waals surface area (Å²) < 4.78 is 26.6. The predicted octanol–water partition coefficient (Wildman–Crippen LogP) is 4.95. The Morgan fingerprint density at radius 1 is 1.00 bits per heavy atom. The van der Waals surface area contributed by atoms with Crippen molar-refractivity contribution in [1.82, 2.24) is 4.98 Å². The van der Waals surface area contributed by atoms with Gasteiger partial charge < -0.3 is 4.98 Å². The van der Waals surface area contributed by atoms with Crippen LogP contribution in [0.15, 0.2) is 75.8 Å². The lowest BCUT2D eigenvalue weighted by Crippen LogP contribution is -2.09. The molecule has 0 bridgehead atoms. The second-order valence-corrected chi connectivity index (χ2v) is 8.91. The zero-order chi connectivity index (χ0) is 18.3. The molecule has 0 saturated carbocycles. The van der Waals surface area contributed by atoms with Crippen molar-refractivity contribution in [3.8, 4) is 0 Å². The first-order valence-corrected chi connectivity index (χ1v) is 10.4. The van der Waals surface area contributed by atoms with Gasteiger partial charge in [0.2, 0.25) is 15.6 Å². The van der Waals surface area contributed by atoms with Crippen molar-refractivity contribution in [2.24, 2.45) is 0 Å². The summed E-state index contributed by atoms with van der Waals surface area (Å²) in [7, 11) is -3.89. The predicted molar refractivity (Wildman–Crippen MR) is 103 cm³/mol. The molecule has 0 aliphatic heterocycles. The van der Waals surface area contributed by atoms with E-state index in [1.165, 1.54) is 23.5 Å². The first-order valence-electron chi connectivity index (χ1n) is 7.68. The van der Waals surface area contributed by atoms with Gasteiger partial charge in [-0.05, 0) is 35.7 Å². The lowest BCUT2D eigenvalue weighted by molar-refractivity contribution is 0.103. The van der Waals surface area contributed by atoms with Crippen LogP contribution in [0.1, 0.15) is 15.4 Å². The molecule has 7 heteroatoms. The molecule has 0 fully saturated rings. The number of carbonyl (C=O) groups is 1. The van der Waals surface area contributed by atoms with Crippen LogP contribution in [0.5, 0.6) is 0 Å². The molecule has 0 aliphatic carbocycles. The topological polar surface area (TPSA) is 67.0 Å². The van der Waals surface area contributed by atoms with E-state index >= 15 is 0 Å². The van der Waals surface area contributed by atoms with E-state index in [1.807, 2.05) is 0 Å². The van der Waals surface area contributed by atoms with Gasteiger partial charge in [-0.1, -0.05) is 41.9 Å². The molecule has 130 valence electrons. The number of benzene rings is 2. The molecule has 2 aromatic carbocycles. The van der Waals surface area contributed by atoms with E-state index in [4.69, 9.17) is 11.6 Å². The van der Waals surface area contributed by atoms with Crippen LogP contribution >= 0.6 is 22.9 Å². The molecular formula is C19H12ClNO3S2. The van der Waals surface area contributed by atoms with E-state index in [1.54, 1.807) is 53.9 Å². The van der Waals surface area contributed by atoms with E-state index in [0.29, 0.717) is 20.8 Å². The fraction of sp³-hybridized carbons (Fsp3) is 0. The van der Waals surface area contributed by atoms with Crippen molar-refractivity contribution >= 4 is 49.5 Å². The van der Waals surface area contributed by atoms with Crippen LogP contribution < -0.4 is 0 Å². The normalized spacial score (nSPS) is 11.7. The molecule has 1 N–H and O–H groups in total. The summed E-state index contributed by atoms with van der Waals surface area (Å²) in [5.41, 5.74) is 0.556. The Labute approximate surface area is 159 Å². The Balaban J connectivity index is 2.04. The van der Waals surface area contributed by atoms with E-state index < -0.39 is 9.84 Å². The van der Waals surface area contributed by atoms with Gasteiger partial charge in [0, 0.05) is 15.9 Å². The van der Waals surface area contributed by atoms with Crippen LogP contribution in [0.25, 0.3) is 10.9 Å². The molecule has 26 heavy (non-hydrogen) atoms. The highest BCUT2D eigenvalue weighted by atomic mass is 35.5. The number of fused-ring (bicyclic) bond motifs is 1. The first kappa shape index (κ1) is 17.0. The summed E-state index contributed by atoms with van der Waals surface area (Å²) in [5.74, 6) is -0.359. The van der Waals surface area contributed by atoms with Crippen molar-refractivity contribution in [1.29, 1.82) is 0 Å². The van der Waals surface area contributed by atoms with Crippen molar-refractivity contribution in [2.75, 3.05) is 0 Å². The highest BCUT2D eigenvalue weighted by molar-refractivity contribution is 7.91. The van der Waals surface area contributed by atoms with E-state index in [0.717, 1.165) is 0 Å². The van der Waals surface area contributed by atoms with Crippen molar-refractivity contribution in [3.05, 3.63) is 81.6 Å². The summed E-state index contributed by atoms with van der Waals surface area (Å²) in [6.07, 6.45) is 0. The molecule has 4 nitrogen and oxygen atoms in total. The second kappa shape index (κ2) is 6.39. The van der Waals surface area contributed by atoms with Gasteiger partial charge in [0.25, 0.3) is 0 Å². The van der Waals surface area contributed by atoms with E-state index in [2.05, 4.69) is 4.98 Å². The van der Waals surface area contributed by atoms with E-state index in [-0.39, 0.29) is 21.3 Å². The maximum atomic E-state index is 13.3. The third-order valence-electron chi connectivity index (χ3n) is 4.01. The van der Waals surface area contributed by atoms with Crippen LogP contribution in [0, 0.1) is 0 Å². The summed E-state index contributed by atoms with van der Waals surface area (Å²) in [6, 6.07) is 16.4. The summed E-state index contributed by atoms with van der Waals surface area (Å²) in [4.78, 5) is 16.5. The molecule has 0 aliphatic rings. The Bertz CT molecular complexity index is 1210. The monoisotopic (exact) mass is 401 g/mol. The van der Waals surface area contributed by atoms with Crippen LogP contribution in [-0.4, -0.2) is 19.2 Å². The van der Waals surface area contributed by atoms with Crippen LogP contribution in [0.2, 0.25) is 5.02 Å². The molecule has 2 aromatic heterocycles. The van der Waals surface area contributed by atoms with Gasteiger partial charge >= 0.3 is 0 Å². The Morgan fingerprint density at radius 2 is 1.77 bits per heavy atom. The average Bonchev–Trinajstić information content (AvgIpc) is 3.29. The van der Waals surface area contributed by atoms with Crippen LogP contribution in [-0.2, 0) is 9.84 Å². The Morgan fingerprint density at radius 3 is 2.46 bits per heavy atom. The van der Waals surface area contributed by atoms with Crippen molar-refractivity contribution in [2.45, 2.75) is 9.79 Å². The number of thiophene rings is 1. The van der Waals surface area contributed by atoms with Gasteiger partial charge in [-0.25, -0.2) is 8.42 Å². The summed E-state index contributed by atoms with van der Waals surface area (Å²) in [6.45, 7) is 0. The number of carbonyl (C=O) groups excluding carboxylic acids is 1. The number of rotatable bonds is 4. The highest BCUT2D eigenvalue weighted by Gasteiger charge is 2.30. The molecule has 0 saturated heterocycles. The maximum Gasteiger partial charge on any atom is 0.220 e. The van der Waals surface area contributed by atoms with Crippen molar-refractivity contribution in [3.63, 3.8) is 0 Å². The molecule has 0 spiro atoms.